The number of hydrogen-bond acceptors (Lipinski definition) is 3. The fourth-order valence-corrected chi connectivity index (χ4v) is 2.56. The topological polar surface area (TPSA) is 66.8 Å². The van der Waals surface area contributed by atoms with Gasteiger partial charge in [0.15, 0.2) is 0 Å². The van der Waals surface area contributed by atoms with Crippen LogP contribution in [0, 0.1) is 0 Å². The summed E-state index contributed by atoms with van der Waals surface area (Å²) in [6, 6.07) is 8.84. The van der Waals surface area contributed by atoms with E-state index in [-0.39, 0.29) is 5.92 Å². The van der Waals surface area contributed by atoms with Crippen LogP contribution in [0.15, 0.2) is 30.3 Å². The molecule has 0 bridgehead atoms. The van der Waals surface area contributed by atoms with Crippen LogP contribution in [-0.4, -0.2) is 40.3 Å². The third-order valence-electron chi connectivity index (χ3n) is 3.49. The van der Waals surface area contributed by atoms with Gasteiger partial charge >= 0.3 is 12.1 Å². The van der Waals surface area contributed by atoms with Crippen LogP contribution in [-0.2, 0) is 9.53 Å². The molecule has 0 aromatic heterocycles. The zero-order valence-corrected chi connectivity index (χ0v) is 12.6. The van der Waals surface area contributed by atoms with Gasteiger partial charge in [-0.1, -0.05) is 30.3 Å². The van der Waals surface area contributed by atoms with Crippen molar-refractivity contribution in [3.8, 4) is 0 Å². The third-order valence-corrected chi connectivity index (χ3v) is 3.49. The number of benzene rings is 1. The van der Waals surface area contributed by atoms with E-state index in [1.54, 1.807) is 20.8 Å². The number of likely N-dealkylation sites (tertiary alicyclic amines) is 1. The first-order valence-electron chi connectivity index (χ1n) is 7.05. The quantitative estimate of drug-likeness (QED) is 0.909. The highest BCUT2D eigenvalue weighted by molar-refractivity contribution is 5.81. The number of nitrogens with zero attached hydrogens (tertiary/aromatic N) is 1. The van der Waals surface area contributed by atoms with Gasteiger partial charge in [0, 0.05) is 12.5 Å². The second-order valence-corrected chi connectivity index (χ2v) is 6.33. The number of carboxylic acid groups (broad SMARTS) is 1. The molecule has 2 rings (SSSR count). The number of rotatable bonds is 2. The van der Waals surface area contributed by atoms with Gasteiger partial charge in [-0.15, -0.1) is 0 Å². The Hall–Kier alpha value is -2.04. The van der Waals surface area contributed by atoms with Crippen LogP contribution in [0.2, 0.25) is 0 Å². The molecule has 1 N–H and O–H groups in total. The first-order valence-corrected chi connectivity index (χ1v) is 7.05. The minimum atomic E-state index is -0.987. The van der Waals surface area contributed by atoms with Gasteiger partial charge in [-0.25, -0.2) is 9.59 Å². The molecule has 1 saturated heterocycles. The maximum absolute atomic E-state index is 12.2. The van der Waals surface area contributed by atoms with Gasteiger partial charge in [0.2, 0.25) is 0 Å². The molecule has 1 aromatic rings. The van der Waals surface area contributed by atoms with E-state index in [2.05, 4.69) is 0 Å². The highest BCUT2D eigenvalue weighted by atomic mass is 16.6. The lowest BCUT2D eigenvalue weighted by molar-refractivity contribution is -0.142. The largest absolute Gasteiger partial charge is 0.480 e. The molecule has 0 radical (unpaired) electrons. The Morgan fingerprint density at radius 2 is 1.86 bits per heavy atom. The van der Waals surface area contributed by atoms with Gasteiger partial charge in [0.05, 0.1) is 0 Å². The summed E-state index contributed by atoms with van der Waals surface area (Å²) in [5.41, 5.74) is 0.417. The van der Waals surface area contributed by atoms with Gasteiger partial charge in [-0.05, 0) is 32.8 Å². The smallest absolute Gasteiger partial charge is 0.411 e. The van der Waals surface area contributed by atoms with Crippen molar-refractivity contribution >= 4 is 12.1 Å². The van der Waals surface area contributed by atoms with Crippen LogP contribution in [0.25, 0.3) is 0 Å². The SMILES string of the molecule is CC(C)(C)OC(=O)N1CC(c2ccccc2)C[C@@H]1C(=O)O. The molecule has 21 heavy (non-hydrogen) atoms. The van der Waals surface area contributed by atoms with Crippen LogP contribution in [0.3, 0.4) is 0 Å². The van der Waals surface area contributed by atoms with E-state index in [1.165, 1.54) is 4.90 Å². The summed E-state index contributed by atoms with van der Waals surface area (Å²) in [6.45, 7) is 5.68. The van der Waals surface area contributed by atoms with Gasteiger partial charge < -0.3 is 9.84 Å². The first-order chi connectivity index (χ1) is 9.78. The van der Waals surface area contributed by atoms with Gasteiger partial charge in [0.1, 0.15) is 11.6 Å². The highest BCUT2D eigenvalue weighted by Gasteiger charge is 2.41. The van der Waals surface area contributed by atoms with Crippen LogP contribution in [0.4, 0.5) is 4.79 Å². The molecule has 1 amide bonds. The van der Waals surface area contributed by atoms with E-state index in [0.717, 1.165) is 5.56 Å². The lowest BCUT2D eigenvalue weighted by Gasteiger charge is -2.26. The minimum absolute atomic E-state index is 0.0276. The molecule has 0 spiro atoms. The molecule has 1 unspecified atom stereocenters. The molecule has 1 heterocycles. The maximum atomic E-state index is 12.2. The number of carboxylic acids is 1. The molecule has 5 nitrogen and oxygen atoms in total. The van der Waals surface area contributed by atoms with Gasteiger partial charge in [0.25, 0.3) is 0 Å². The number of carbonyl (C=O) groups is 2. The molecule has 1 fully saturated rings. The van der Waals surface area contributed by atoms with Crippen molar-refractivity contribution in [2.24, 2.45) is 0 Å². The number of amides is 1. The van der Waals surface area contributed by atoms with Crippen molar-refractivity contribution in [3.63, 3.8) is 0 Å². The number of ether oxygens (including phenoxy) is 1. The zero-order chi connectivity index (χ0) is 15.6. The zero-order valence-electron chi connectivity index (χ0n) is 12.6. The predicted molar refractivity (Wildman–Crippen MR) is 78.2 cm³/mol. The molecule has 0 aliphatic carbocycles. The fourth-order valence-electron chi connectivity index (χ4n) is 2.56. The Kier molecular flexibility index (Phi) is 4.21. The molecule has 5 heteroatoms. The molecule has 1 aliphatic heterocycles. The highest BCUT2D eigenvalue weighted by Crippen LogP contribution is 2.32. The minimum Gasteiger partial charge on any atom is -0.480 e. The standard InChI is InChI=1S/C16H21NO4/c1-16(2,3)21-15(20)17-10-12(9-13(17)14(18)19)11-7-5-4-6-8-11/h4-8,12-13H,9-10H2,1-3H3,(H,18,19)/t12?,13-/m1/s1. The van der Waals surface area contributed by atoms with E-state index in [4.69, 9.17) is 4.74 Å². The Morgan fingerprint density at radius 3 is 2.38 bits per heavy atom. The summed E-state index contributed by atoms with van der Waals surface area (Å²) >= 11 is 0. The Morgan fingerprint density at radius 1 is 1.24 bits per heavy atom. The van der Waals surface area contributed by atoms with Gasteiger partial charge in [-0.2, -0.15) is 0 Å². The molecule has 1 aliphatic rings. The molecular weight excluding hydrogens is 270 g/mol. The normalized spacial score (nSPS) is 22.1. The average molecular weight is 291 g/mol. The molecular formula is C16H21NO4. The van der Waals surface area contributed by atoms with Crippen LogP contribution >= 0.6 is 0 Å². The predicted octanol–water partition coefficient (Wildman–Crippen LogP) is 2.86. The monoisotopic (exact) mass is 291 g/mol. The lowest BCUT2D eigenvalue weighted by Crippen LogP contribution is -2.43. The third kappa shape index (κ3) is 3.74. The van der Waals surface area contributed by atoms with Crippen LogP contribution in [0.5, 0.6) is 0 Å². The van der Waals surface area contributed by atoms with Crippen LogP contribution < -0.4 is 0 Å². The summed E-state index contributed by atoms with van der Waals surface area (Å²) < 4.78 is 5.31. The summed E-state index contributed by atoms with van der Waals surface area (Å²) in [5.74, 6) is -0.959. The van der Waals surface area contributed by atoms with E-state index in [1.807, 2.05) is 30.3 Å². The first kappa shape index (κ1) is 15.4. The van der Waals surface area contributed by atoms with E-state index < -0.39 is 23.7 Å². The fraction of sp³-hybridized carbons (Fsp3) is 0.500. The molecule has 1 aromatic carbocycles. The maximum Gasteiger partial charge on any atom is 0.411 e. The summed E-state index contributed by atoms with van der Waals surface area (Å²) in [4.78, 5) is 24.9. The molecule has 2 atom stereocenters. The van der Waals surface area contributed by atoms with Crippen molar-refractivity contribution in [1.29, 1.82) is 0 Å². The van der Waals surface area contributed by atoms with Crippen molar-refractivity contribution in [2.45, 2.75) is 44.8 Å². The van der Waals surface area contributed by atoms with Crippen molar-refractivity contribution < 1.29 is 19.4 Å². The molecule has 114 valence electrons. The van der Waals surface area contributed by atoms with Crippen molar-refractivity contribution in [2.75, 3.05) is 6.54 Å². The van der Waals surface area contributed by atoms with E-state index >= 15 is 0 Å². The van der Waals surface area contributed by atoms with Crippen molar-refractivity contribution in [1.82, 2.24) is 4.90 Å². The Bertz CT molecular complexity index is 521. The van der Waals surface area contributed by atoms with Crippen molar-refractivity contribution in [3.05, 3.63) is 35.9 Å². The summed E-state index contributed by atoms with van der Waals surface area (Å²) in [7, 11) is 0. The van der Waals surface area contributed by atoms with Crippen LogP contribution in [0.1, 0.15) is 38.7 Å². The number of carbonyl (C=O) groups excluding carboxylic acids is 1. The lowest BCUT2D eigenvalue weighted by atomic mass is 9.96. The Labute approximate surface area is 124 Å². The Balaban J connectivity index is 2.16. The second-order valence-electron chi connectivity index (χ2n) is 6.33. The summed E-state index contributed by atoms with van der Waals surface area (Å²) in [5, 5.41) is 9.35. The molecule has 0 saturated carbocycles. The van der Waals surface area contributed by atoms with E-state index in [9.17, 15) is 14.7 Å². The number of hydrogen-bond donors (Lipinski definition) is 1. The number of aliphatic carboxylic acids is 1. The average Bonchev–Trinajstić information content (AvgIpc) is 2.83. The van der Waals surface area contributed by atoms with E-state index in [0.29, 0.717) is 13.0 Å². The van der Waals surface area contributed by atoms with Gasteiger partial charge in [-0.3, -0.25) is 4.90 Å². The summed E-state index contributed by atoms with van der Waals surface area (Å²) in [6.07, 6.45) is -0.146. The second kappa shape index (κ2) is 5.76.